The topological polar surface area (TPSA) is 72.5 Å². The Kier molecular flexibility index (Phi) is 4.32. The van der Waals surface area contributed by atoms with Crippen LogP contribution in [0.15, 0.2) is 0 Å². The summed E-state index contributed by atoms with van der Waals surface area (Å²) < 4.78 is 30.4. The summed E-state index contributed by atoms with van der Waals surface area (Å²) in [6, 6.07) is -0.784. The van der Waals surface area contributed by atoms with Gasteiger partial charge in [0.1, 0.15) is 6.04 Å². The molecule has 5 nitrogen and oxygen atoms in total. The van der Waals surface area contributed by atoms with Crippen molar-refractivity contribution in [2.24, 2.45) is 11.8 Å². The Bertz CT molecular complexity index is 346. The third-order valence-electron chi connectivity index (χ3n) is 2.58. The van der Waals surface area contributed by atoms with E-state index in [-0.39, 0.29) is 17.6 Å². The molecule has 1 rings (SSSR count). The van der Waals surface area contributed by atoms with E-state index in [2.05, 4.69) is 9.46 Å². The zero-order valence-electron chi connectivity index (χ0n) is 9.89. The highest BCUT2D eigenvalue weighted by molar-refractivity contribution is 7.89. The van der Waals surface area contributed by atoms with Crippen molar-refractivity contribution in [3.8, 4) is 0 Å². The van der Waals surface area contributed by atoms with Gasteiger partial charge in [-0.15, -0.1) is 0 Å². The fourth-order valence-corrected chi connectivity index (χ4v) is 3.23. The summed E-state index contributed by atoms with van der Waals surface area (Å²) in [5, 5.41) is 0. The van der Waals surface area contributed by atoms with Gasteiger partial charge < -0.3 is 4.74 Å². The molecule has 1 fully saturated rings. The summed E-state index contributed by atoms with van der Waals surface area (Å²) in [5.74, 6) is -0.272. The summed E-state index contributed by atoms with van der Waals surface area (Å²) in [6.07, 6.45) is 1.93. The van der Waals surface area contributed by atoms with Crippen molar-refractivity contribution in [3.63, 3.8) is 0 Å². The Labute approximate surface area is 96.6 Å². The van der Waals surface area contributed by atoms with E-state index >= 15 is 0 Å². The smallest absolute Gasteiger partial charge is 0.324 e. The van der Waals surface area contributed by atoms with Crippen LogP contribution in [0.3, 0.4) is 0 Å². The maximum atomic E-state index is 11.7. The van der Waals surface area contributed by atoms with Crippen molar-refractivity contribution < 1.29 is 17.9 Å². The first-order valence-electron chi connectivity index (χ1n) is 5.43. The second kappa shape index (κ2) is 5.14. The molecule has 0 aromatic heterocycles. The zero-order valence-corrected chi connectivity index (χ0v) is 10.7. The molecule has 94 valence electrons. The van der Waals surface area contributed by atoms with Crippen molar-refractivity contribution in [3.05, 3.63) is 0 Å². The van der Waals surface area contributed by atoms with E-state index < -0.39 is 22.0 Å². The van der Waals surface area contributed by atoms with E-state index in [1.54, 1.807) is 13.8 Å². The van der Waals surface area contributed by atoms with Gasteiger partial charge in [0.2, 0.25) is 10.0 Å². The Balaban J connectivity index is 2.62. The number of esters is 1. The molecule has 0 aromatic rings. The monoisotopic (exact) mass is 249 g/mol. The Morgan fingerprint density at radius 1 is 1.44 bits per heavy atom. The largest absolute Gasteiger partial charge is 0.468 e. The quantitative estimate of drug-likeness (QED) is 0.696. The number of carbonyl (C=O) groups is 1. The molecule has 1 aliphatic rings. The lowest BCUT2D eigenvalue weighted by Crippen LogP contribution is -2.45. The standard InChI is InChI=1S/C10H19NO4S/c1-7(2)9(10(12)15-3)11-16(13,14)6-8-4-5-8/h7-9,11H,4-6H2,1-3H3. The van der Waals surface area contributed by atoms with Crippen molar-refractivity contribution in [1.82, 2.24) is 4.72 Å². The molecule has 0 radical (unpaired) electrons. The van der Waals surface area contributed by atoms with Crippen molar-refractivity contribution >= 4 is 16.0 Å². The summed E-state index contributed by atoms with van der Waals surface area (Å²) in [5.41, 5.74) is 0. The van der Waals surface area contributed by atoms with E-state index in [1.165, 1.54) is 7.11 Å². The molecule has 1 N–H and O–H groups in total. The van der Waals surface area contributed by atoms with Crippen LogP contribution < -0.4 is 4.72 Å². The molecule has 0 aliphatic heterocycles. The summed E-state index contributed by atoms with van der Waals surface area (Å²) >= 11 is 0. The molecular formula is C10H19NO4S. The average Bonchev–Trinajstić information content (AvgIpc) is 2.95. The van der Waals surface area contributed by atoms with Crippen LogP contribution in [-0.2, 0) is 19.6 Å². The zero-order chi connectivity index (χ0) is 12.3. The molecule has 1 saturated carbocycles. The molecule has 0 heterocycles. The van der Waals surface area contributed by atoms with Gasteiger partial charge in [-0.25, -0.2) is 13.1 Å². The molecule has 0 aromatic carbocycles. The first-order valence-corrected chi connectivity index (χ1v) is 7.09. The van der Waals surface area contributed by atoms with Crippen LogP contribution in [0.2, 0.25) is 0 Å². The molecule has 1 aliphatic carbocycles. The van der Waals surface area contributed by atoms with Crippen LogP contribution in [0.25, 0.3) is 0 Å². The number of nitrogens with one attached hydrogen (secondary N) is 1. The van der Waals surface area contributed by atoms with Gasteiger partial charge in [0.15, 0.2) is 0 Å². The molecule has 6 heteroatoms. The summed E-state index contributed by atoms with van der Waals surface area (Å²) in [6.45, 7) is 3.56. The summed E-state index contributed by atoms with van der Waals surface area (Å²) in [4.78, 5) is 11.4. The third kappa shape index (κ3) is 4.09. The molecule has 1 unspecified atom stereocenters. The predicted octanol–water partition coefficient (Wildman–Crippen LogP) is 0.513. The number of hydrogen-bond donors (Lipinski definition) is 1. The lowest BCUT2D eigenvalue weighted by atomic mass is 10.1. The van der Waals surface area contributed by atoms with Gasteiger partial charge in [0.25, 0.3) is 0 Å². The predicted molar refractivity (Wildman–Crippen MR) is 60.3 cm³/mol. The van der Waals surface area contributed by atoms with Crippen LogP contribution in [0.5, 0.6) is 0 Å². The highest BCUT2D eigenvalue weighted by Crippen LogP contribution is 2.30. The maximum Gasteiger partial charge on any atom is 0.324 e. The van der Waals surface area contributed by atoms with Crippen LogP contribution in [0.4, 0.5) is 0 Å². The van der Waals surface area contributed by atoms with Gasteiger partial charge >= 0.3 is 5.97 Å². The lowest BCUT2D eigenvalue weighted by molar-refractivity contribution is -0.143. The van der Waals surface area contributed by atoms with Gasteiger partial charge in [-0.1, -0.05) is 13.8 Å². The molecule has 16 heavy (non-hydrogen) atoms. The third-order valence-corrected chi connectivity index (χ3v) is 4.10. The van der Waals surface area contributed by atoms with Crippen LogP contribution in [0, 0.1) is 11.8 Å². The van der Waals surface area contributed by atoms with E-state index in [4.69, 9.17) is 0 Å². The van der Waals surface area contributed by atoms with E-state index in [1.807, 2.05) is 0 Å². The SMILES string of the molecule is COC(=O)C(NS(=O)(=O)CC1CC1)C(C)C. The minimum atomic E-state index is -3.37. The molecule has 1 atom stereocenters. The van der Waals surface area contributed by atoms with Crippen molar-refractivity contribution in [2.75, 3.05) is 12.9 Å². The first kappa shape index (κ1) is 13.4. The Hall–Kier alpha value is -0.620. The minimum absolute atomic E-state index is 0.118. The number of rotatable bonds is 6. The van der Waals surface area contributed by atoms with Crippen molar-refractivity contribution in [2.45, 2.75) is 32.7 Å². The Morgan fingerprint density at radius 2 is 2.00 bits per heavy atom. The van der Waals surface area contributed by atoms with Gasteiger partial charge in [0, 0.05) is 0 Å². The normalized spacial score (nSPS) is 18.5. The Morgan fingerprint density at radius 3 is 2.38 bits per heavy atom. The van der Waals surface area contributed by atoms with Crippen LogP contribution >= 0.6 is 0 Å². The van der Waals surface area contributed by atoms with E-state index in [0.717, 1.165) is 12.8 Å². The minimum Gasteiger partial charge on any atom is -0.468 e. The fourth-order valence-electron chi connectivity index (χ4n) is 1.42. The van der Waals surface area contributed by atoms with Crippen LogP contribution in [-0.4, -0.2) is 33.3 Å². The summed E-state index contributed by atoms with van der Waals surface area (Å²) in [7, 11) is -2.11. The highest BCUT2D eigenvalue weighted by atomic mass is 32.2. The molecular weight excluding hydrogens is 230 g/mol. The lowest BCUT2D eigenvalue weighted by Gasteiger charge is -2.19. The fraction of sp³-hybridized carbons (Fsp3) is 0.900. The number of ether oxygens (including phenoxy) is 1. The van der Waals surface area contributed by atoms with Crippen molar-refractivity contribution in [1.29, 1.82) is 0 Å². The highest BCUT2D eigenvalue weighted by Gasteiger charge is 2.32. The number of sulfonamides is 1. The second-order valence-electron chi connectivity index (χ2n) is 4.59. The number of hydrogen-bond acceptors (Lipinski definition) is 4. The van der Waals surface area contributed by atoms with Gasteiger partial charge in [-0.05, 0) is 24.7 Å². The molecule has 0 bridgehead atoms. The second-order valence-corrected chi connectivity index (χ2v) is 6.39. The van der Waals surface area contributed by atoms with Gasteiger partial charge in [-0.3, -0.25) is 4.79 Å². The molecule has 0 spiro atoms. The molecule has 0 amide bonds. The van der Waals surface area contributed by atoms with E-state index in [0.29, 0.717) is 0 Å². The number of carbonyl (C=O) groups excluding carboxylic acids is 1. The maximum absolute atomic E-state index is 11.7. The van der Waals surface area contributed by atoms with Gasteiger partial charge in [-0.2, -0.15) is 0 Å². The molecule has 0 saturated heterocycles. The van der Waals surface area contributed by atoms with Gasteiger partial charge in [0.05, 0.1) is 12.9 Å². The average molecular weight is 249 g/mol. The first-order chi connectivity index (χ1) is 7.35. The number of methoxy groups -OCH3 is 1. The van der Waals surface area contributed by atoms with E-state index in [9.17, 15) is 13.2 Å². The van der Waals surface area contributed by atoms with Crippen LogP contribution in [0.1, 0.15) is 26.7 Å².